The zero-order valence-electron chi connectivity index (χ0n) is 5.02. The number of aliphatic hydroxyl groups excluding tert-OH is 1. The summed E-state index contributed by atoms with van der Waals surface area (Å²) in [6.45, 7) is 2.82. The van der Waals surface area contributed by atoms with E-state index in [0.29, 0.717) is 13.1 Å². The molecule has 0 fully saturated rings. The molecule has 0 aromatic carbocycles. The Morgan fingerprint density at radius 1 is 1.88 bits per heavy atom. The molecule has 8 heavy (non-hydrogen) atoms. The number of nitrogens with one attached hydrogen (secondary N) is 1. The van der Waals surface area contributed by atoms with Gasteiger partial charge in [0.05, 0.1) is 12.6 Å². The number of hydrogen-bond donors (Lipinski definition) is 2. The molecule has 46 valence electrons. The highest BCUT2D eigenvalue weighted by molar-refractivity contribution is 4.86. The molecule has 2 N–H and O–H groups in total. The summed E-state index contributed by atoms with van der Waals surface area (Å²) < 4.78 is 0. The molecule has 0 aliphatic carbocycles. The molecular weight excluding hydrogens is 102 g/mol. The molecule has 1 unspecified atom stereocenters. The summed E-state index contributed by atoms with van der Waals surface area (Å²) >= 11 is 0. The molecule has 0 aromatic rings. The number of hydrogen-bond acceptors (Lipinski definition) is 2. The van der Waals surface area contributed by atoms with Crippen LogP contribution in [0.2, 0.25) is 0 Å². The predicted molar refractivity (Wildman–Crippen MR) is 33.4 cm³/mol. The van der Waals surface area contributed by atoms with Crippen LogP contribution < -0.4 is 5.32 Å². The van der Waals surface area contributed by atoms with Crippen molar-refractivity contribution in [3.63, 3.8) is 0 Å². The van der Waals surface area contributed by atoms with Crippen molar-refractivity contribution in [1.82, 2.24) is 5.32 Å². The molecule has 1 atom stereocenters. The lowest BCUT2D eigenvalue weighted by atomic mass is 10.4. The van der Waals surface area contributed by atoms with E-state index in [0.717, 1.165) is 0 Å². The fraction of sp³-hybridized carbons (Fsp3) is 0.667. The van der Waals surface area contributed by atoms with Crippen molar-refractivity contribution in [2.24, 2.45) is 0 Å². The second-order valence-corrected chi connectivity index (χ2v) is 1.68. The van der Waals surface area contributed by atoms with Gasteiger partial charge >= 0.3 is 0 Å². The maximum Gasteiger partial charge on any atom is 0.0636 e. The van der Waals surface area contributed by atoms with E-state index in [9.17, 15) is 0 Å². The van der Waals surface area contributed by atoms with E-state index in [1.165, 1.54) is 0 Å². The van der Waals surface area contributed by atoms with Crippen molar-refractivity contribution in [2.45, 2.75) is 13.0 Å². The van der Waals surface area contributed by atoms with Crippen LogP contribution in [0.25, 0.3) is 0 Å². The van der Waals surface area contributed by atoms with Crippen LogP contribution in [-0.4, -0.2) is 24.3 Å². The Kier molecular flexibility index (Phi) is 4.33. The zero-order valence-corrected chi connectivity index (χ0v) is 5.02. The third kappa shape index (κ3) is 5.48. The normalized spacial score (nSPS) is 12.6. The molecule has 0 aliphatic rings. The third-order valence-electron chi connectivity index (χ3n) is 0.667. The Labute approximate surface area is 49.9 Å². The van der Waals surface area contributed by atoms with E-state index in [2.05, 4.69) is 11.2 Å². The lowest BCUT2D eigenvalue weighted by Crippen LogP contribution is -2.24. The summed E-state index contributed by atoms with van der Waals surface area (Å²) in [7, 11) is 0. The highest BCUT2D eigenvalue weighted by atomic mass is 16.3. The number of aliphatic hydroxyl groups is 1. The summed E-state index contributed by atoms with van der Waals surface area (Å²) in [4.78, 5) is 0. The maximum absolute atomic E-state index is 8.65. The second kappa shape index (κ2) is 4.63. The van der Waals surface area contributed by atoms with Gasteiger partial charge in [-0.1, -0.05) is 5.92 Å². The minimum atomic E-state index is -0.302. The van der Waals surface area contributed by atoms with Gasteiger partial charge in [-0.2, -0.15) is 0 Å². The SMILES string of the molecule is C#CCNCC(C)O. The van der Waals surface area contributed by atoms with E-state index in [-0.39, 0.29) is 6.10 Å². The summed E-state index contributed by atoms with van der Waals surface area (Å²) in [5, 5.41) is 11.5. The van der Waals surface area contributed by atoms with Gasteiger partial charge in [-0.05, 0) is 6.92 Å². The van der Waals surface area contributed by atoms with Crippen LogP contribution >= 0.6 is 0 Å². The average molecular weight is 113 g/mol. The first-order valence-electron chi connectivity index (χ1n) is 2.59. The predicted octanol–water partition coefficient (Wildman–Crippen LogP) is -0.410. The second-order valence-electron chi connectivity index (χ2n) is 1.68. The lowest BCUT2D eigenvalue weighted by molar-refractivity contribution is 0.193. The van der Waals surface area contributed by atoms with Crippen LogP contribution in [0.15, 0.2) is 0 Å². The fourth-order valence-electron chi connectivity index (χ4n) is 0.353. The standard InChI is InChI=1S/C6H11NO/c1-3-4-7-5-6(2)8/h1,6-8H,4-5H2,2H3. The van der Waals surface area contributed by atoms with Crippen LogP contribution in [0.3, 0.4) is 0 Å². The zero-order chi connectivity index (χ0) is 6.41. The summed E-state index contributed by atoms with van der Waals surface area (Å²) in [5.41, 5.74) is 0. The summed E-state index contributed by atoms with van der Waals surface area (Å²) in [6, 6.07) is 0. The Bertz CT molecular complexity index is 83.0. The van der Waals surface area contributed by atoms with Crippen molar-refractivity contribution in [3.8, 4) is 12.3 Å². The molecule has 2 heteroatoms. The summed E-state index contributed by atoms with van der Waals surface area (Å²) in [5.74, 6) is 2.40. The van der Waals surface area contributed by atoms with Gasteiger partial charge in [0.25, 0.3) is 0 Å². The Balaban J connectivity index is 2.85. The molecule has 0 aliphatic heterocycles. The largest absolute Gasteiger partial charge is 0.392 e. The van der Waals surface area contributed by atoms with E-state index in [1.807, 2.05) is 0 Å². The van der Waals surface area contributed by atoms with Crippen molar-refractivity contribution >= 4 is 0 Å². The minimum Gasteiger partial charge on any atom is -0.392 e. The smallest absolute Gasteiger partial charge is 0.0636 e. The molecule has 0 bridgehead atoms. The van der Waals surface area contributed by atoms with Crippen LogP contribution in [0.4, 0.5) is 0 Å². The van der Waals surface area contributed by atoms with E-state index < -0.39 is 0 Å². The minimum absolute atomic E-state index is 0.302. The van der Waals surface area contributed by atoms with Gasteiger partial charge in [-0.15, -0.1) is 6.42 Å². The molecule has 0 radical (unpaired) electrons. The lowest BCUT2D eigenvalue weighted by Gasteiger charge is -2.01. The van der Waals surface area contributed by atoms with E-state index in [4.69, 9.17) is 11.5 Å². The average Bonchev–Trinajstić information content (AvgIpc) is 1.66. The Hall–Kier alpha value is -0.520. The van der Waals surface area contributed by atoms with E-state index in [1.54, 1.807) is 6.92 Å². The Morgan fingerprint density at radius 3 is 2.88 bits per heavy atom. The maximum atomic E-state index is 8.65. The molecule has 0 spiro atoms. The van der Waals surface area contributed by atoms with Gasteiger partial charge < -0.3 is 10.4 Å². The first-order valence-corrected chi connectivity index (χ1v) is 2.59. The van der Waals surface area contributed by atoms with Gasteiger partial charge in [-0.3, -0.25) is 0 Å². The molecule has 0 saturated carbocycles. The molecule has 0 heterocycles. The van der Waals surface area contributed by atoms with Gasteiger partial charge in [-0.25, -0.2) is 0 Å². The van der Waals surface area contributed by atoms with Crippen molar-refractivity contribution in [3.05, 3.63) is 0 Å². The van der Waals surface area contributed by atoms with Gasteiger partial charge in [0.15, 0.2) is 0 Å². The fourth-order valence-corrected chi connectivity index (χ4v) is 0.353. The molecule has 0 amide bonds. The molecule has 2 nitrogen and oxygen atoms in total. The topological polar surface area (TPSA) is 32.3 Å². The monoisotopic (exact) mass is 113 g/mol. The Morgan fingerprint density at radius 2 is 2.50 bits per heavy atom. The van der Waals surface area contributed by atoms with Crippen molar-refractivity contribution < 1.29 is 5.11 Å². The molecule has 0 aromatic heterocycles. The van der Waals surface area contributed by atoms with Gasteiger partial charge in [0.1, 0.15) is 0 Å². The van der Waals surface area contributed by atoms with Crippen LogP contribution in [0, 0.1) is 12.3 Å². The van der Waals surface area contributed by atoms with Gasteiger partial charge in [0, 0.05) is 6.54 Å². The van der Waals surface area contributed by atoms with Gasteiger partial charge in [0.2, 0.25) is 0 Å². The molecular formula is C6H11NO. The van der Waals surface area contributed by atoms with Crippen LogP contribution in [0.1, 0.15) is 6.92 Å². The summed E-state index contributed by atoms with van der Waals surface area (Å²) in [6.07, 6.45) is 4.62. The van der Waals surface area contributed by atoms with Crippen molar-refractivity contribution in [2.75, 3.05) is 13.1 Å². The number of rotatable bonds is 3. The van der Waals surface area contributed by atoms with Crippen LogP contribution in [0.5, 0.6) is 0 Å². The quantitative estimate of drug-likeness (QED) is 0.385. The van der Waals surface area contributed by atoms with E-state index >= 15 is 0 Å². The van der Waals surface area contributed by atoms with Crippen LogP contribution in [-0.2, 0) is 0 Å². The first-order chi connectivity index (χ1) is 3.77. The molecule has 0 saturated heterocycles. The highest BCUT2D eigenvalue weighted by Gasteiger charge is 1.89. The first kappa shape index (κ1) is 7.48. The third-order valence-corrected chi connectivity index (χ3v) is 0.667. The number of terminal acetylenes is 1. The highest BCUT2D eigenvalue weighted by Crippen LogP contribution is 1.71. The molecule has 0 rings (SSSR count). The van der Waals surface area contributed by atoms with Crippen molar-refractivity contribution in [1.29, 1.82) is 0 Å².